The summed E-state index contributed by atoms with van der Waals surface area (Å²) in [4.78, 5) is 18.3. The number of hydrogen-bond donors (Lipinski definition) is 1. The molecule has 0 spiro atoms. The van der Waals surface area contributed by atoms with E-state index in [4.69, 9.17) is 9.47 Å². The van der Waals surface area contributed by atoms with Crippen LogP contribution >= 0.6 is 22.6 Å². The first-order chi connectivity index (χ1) is 16.4. The van der Waals surface area contributed by atoms with Gasteiger partial charge in [-0.15, -0.1) is 0 Å². The average Bonchev–Trinajstić information content (AvgIpc) is 2.80. The van der Waals surface area contributed by atoms with Gasteiger partial charge in [-0.3, -0.25) is 0 Å². The van der Waals surface area contributed by atoms with E-state index in [9.17, 15) is 23.1 Å². The summed E-state index contributed by atoms with van der Waals surface area (Å²) < 4.78 is 51.3. The Morgan fingerprint density at radius 3 is 2.43 bits per heavy atom. The van der Waals surface area contributed by atoms with Gasteiger partial charge in [-0.25, -0.2) is 9.78 Å². The lowest BCUT2D eigenvalue weighted by molar-refractivity contribution is -0.138. The van der Waals surface area contributed by atoms with Gasteiger partial charge in [-0.1, -0.05) is 19.8 Å². The summed E-state index contributed by atoms with van der Waals surface area (Å²) in [5.74, 6) is -0.645. The number of esters is 1. The summed E-state index contributed by atoms with van der Waals surface area (Å²) in [6.07, 6.45) is -0.429. The Morgan fingerprint density at radius 1 is 1.20 bits per heavy atom. The van der Waals surface area contributed by atoms with E-state index in [1.165, 1.54) is 25.4 Å². The second kappa shape index (κ2) is 11.3. The maximum absolute atomic E-state index is 13.5. The largest absolute Gasteiger partial charge is 0.465 e. The fraction of sp³-hybridized carbons (Fsp3) is 0.520. The van der Waals surface area contributed by atoms with Crippen molar-refractivity contribution in [1.29, 1.82) is 0 Å². The van der Waals surface area contributed by atoms with Gasteiger partial charge in [0.1, 0.15) is 17.5 Å². The van der Waals surface area contributed by atoms with Crippen LogP contribution in [0.25, 0.3) is 0 Å². The molecule has 2 aromatic rings. The third-order valence-corrected chi connectivity index (χ3v) is 6.90. The Balaban J connectivity index is 1.99. The number of anilines is 1. The molecule has 0 amide bonds. The van der Waals surface area contributed by atoms with Gasteiger partial charge in [0, 0.05) is 21.7 Å². The minimum Gasteiger partial charge on any atom is -0.465 e. The van der Waals surface area contributed by atoms with Gasteiger partial charge >= 0.3 is 12.1 Å². The van der Waals surface area contributed by atoms with Crippen LogP contribution in [0.1, 0.15) is 62.4 Å². The van der Waals surface area contributed by atoms with Crippen LogP contribution in [0.4, 0.5) is 18.9 Å². The van der Waals surface area contributed by atoms with Crippen LogP contribution in [-0.4, -0.2) is 35.4 Å². The first kappa shape index (κ1) is 27.5. The molecule has 192 valence electrons. The number of carbonyl (C=O) groups is 1. The molecule has 1 fully saturated rings. The van der Waals surface area contributed by atoms with Crippen molar-refractivity contribution in [3.05, 3.63) is 45.2 Å². The van der Waals surface area contributed by atoms with Crippen molar-refractivity contribution in [1.82, 2.24) is 4.98 Å². The standard InChI is InChI=1S/C25H30F3IN2O4/c1-14(2)31(23(32)16-7-5-15(3)6-8-16)21-10-9-18(12-19(21)24(33)34-4)35-22-20(25(26,27)28)11-17(29)13-30-22/h9-16,23,32H,5-8H2,1-4H3. The summed E-state index contributed by atoms with van der Waals surface area (Å²) in [6.45, 7) is 6.01. The van der Waals surface area contributed by atoms with Crippen molar-refractivity contribution in [2.45, 2.75) is 64.9 Å². The lowest BCUT2D eigenvalue weighted by atomic mass is 9.81. The first-order valence-corrected chi connectivity index (χ1v) is 12.6. The van der Waals surface area contributed by atoms with Crippen LogP contribution < -0.4 is 9.64 Å². The highest BCUT2D eigenvalue weighted by molar-refractivity contribution is 14.1. The summed E-state index contributed by atoms with van der Waals surface area (Å²) in [6, 6.07) is 5.14. The number of halogens is 4. The minimum atomic E-state index is -4.66. The van der Waals surface area contributed by atoms with Crippen molar-refractivity contribution >= 4 is 34.2 Å². The van der Waals surface area contributed by atoms with Gasteiger partial charge in [0.15, 0.2) is 0 Å². The Labute approximate surface area is 217 Å². The molecular weight excluding hydrogens is 576 g/mol. The van der Waals surface area contributed by atoms with Crippen LogP contribution in [0, 0.1) is 15.4 Å². The average molecular weight is 606 g/mol. The topological polar surface area (TPSA) is 71.9 Å². The number of rotatable bonds is 7. The Morgan fingerprint density at radius 2 is 1.86 bits per heavy atom. The number of aromatic nitrogens is 1. The van der Waals surface area contributed by atoms with E-state index in [-0.39, 0.29) is 23.3 Å². The zero-order chi connectivity index (χ0) is 25.9. The van der Waals surface area contributed by atoms with E-state index in [0.717, 1.165) is 31.7 Å². The molecule has 1 aromatic carbocycles. The molecular formula is C25H30F3IN2O4. The van der Waals surface area contributed by atoms with Crippen LogP contribution in [0.3, 0.4) is 0 Å². The molecule has 10 heteroatoms. The van der Waals surface area contributed by atoms with E-state index in [2.05, 4.69) is 11.9 Å². The van der Waals surface area contributed by atoms with Gasteiger partial charge < -0.3 is 19.5 Å². The van der Waals surface area contributed by atoms with Gasteiger partial charge in [-0.05, 0) is 79.5 Å². The fourth-order valence-electron chi connectivity index (χ4n) is 4.44. The predicted octanol–water partition coefficient (Wildman–Crippen LogP) is 6.64. The molecule has 1 aliphatic rings. The maximum Gasteiger partial charge on any atom is 0.421 e. The summed E-state index contributed by atoms with van der Waals surface area (Å²) in [7, 11) is 1.22. The molecule has 1 N–H and O–H groups in total. The number of alkyl halides is 3. The summed E-state index contributed by atoms with van der Waals surface area (Å²) in [5.41, 5.74) is -0.503. The van der Waals surface area contributed by atoms with E-state index in [0.29, 0.717) is 15.2 Å². The quantitative estimate of drug-likeness (QED) is 0.217. The van der Waals surface area contributed by atoms with Crippen LogP contribution in [0.15, 0.2) is 30.5 Å². The Hall–Kier alpha value is -2.08. The molecule has 0 aliphatic heterocycles. The van der Waals surface area contributed by atoms with Crippen molar-refractivity contribution in [3.63, 3.8) is 0 Å². The molecule has 1 heterocycles. The highest BCUT2D eigenvalue weighted by Crippen LogP contribution is 2.40. The van der Waals surface area contributed by atoms with Gasteiger partial charge in [0.05, 0.1) is 18.4 Å². The number of nitrogens with zero attached hydrogens (tertiary/aromatic N) is 2. The van der Waals surface area contributed by atoms with Crippen LogP contribution in [0.5, 0.6) is 11.6 Å². The molecule has 1 unspecified atom stereocenters. The van der Waals surface area contributed by atoms with Crippen LogP contribution in [0.2, 0.25) is 0 Å². The number of ether oxygens (including phenoxy) is 2. The van der Waals surface area contributed by atoms with E-state index < -0.39 is 29.8 Å². The minimum absolute atomic E-state index is 0.00181. The first-order valence-electron chi connectivity index (χ1n) is 11.5. The Bertz CT molecular complexity index is 1040. The number of carbonyl (C=O) groups excluding carboxylic acids is 1. The second-order valence-corrected chi connectivity index (χ2v) is 10.5. The van der Waals surface area contributed by atoms with E-state index in [1.807, 2.05) is 13.8 Å². The van der Waals surface area contributed by atoms with Gasteiger partial charge in [0.25, 0.3) is 0 Å². The highest BCUT2D eigenvalue weighted by Gasteiger charge is 2.36. The third-order valence-electron chi connectivity index (χ3n) is 6.31. The zero-order valence-corrected chi connectivity index (χ0v) is 22.3. The molecule has 0 saturated heterocycles. The number of hydrogen-bond acceptors (Lipinski definition) is 6. The second-order valence-electron chi connectivity index (χ2n) is 9.21. The lowest BCUT2D eigenvalue weighted by Gasteiger charge is -2.41. The molecule has 1 saturated carbocycles. The van der Waals surface area contributed by atoms with Crippen molar-refractivity contribution in [2.75, 3.05) is 12.0 Å². The molecule has 3 rings (SSSR count). The number of pyridine rings is 1. The van der Waals surface area contributed by atoms with E-state index in [1.54, 1.807) is 33.6 Å². The van der Waals surface area contributed by atoms with Gasteiger partial charge in [-0.2, -0.15) is 13.2 Å². The molecule has 6 nitrogen and oxygen atoms in total. The molecule has 0 bridgehead atoms. The highest BCUT2D eigenvalue weighted by atomic mass is 127. The lowest BCUT2D eigenvalue weighted by Crippen LogP contribution is -2.46. The zero-order valence-electron chi connectivity index (χ0n) is 20.1. The monoisotopic (exact) mass is 606 g/mol. The van der Waals surface area contributed by atoms with Crippen molar-refractivity contribution in [3.8, 4) is 11.6 Å². The summed E-state index contributed by atoms with van der Waals surface area (Å²) in [5, 5.41) is 11.3. The van der Waals surface area contributed by atoms with E-state index >= 15 is 0 Å². The number of aliphatic hydroxyl groups excluding tert-OH is 1. The number of methoxy groups -OCH3 is 1. The predicted molar refractivity (Wildman–Crippen MR) is 135 cm³/mol. The fourth-order valence-corrected chi connectivity index (χ4v) is 4.89. The number of aliphatic hydroxyl groups is 1. The smallest absolute Gasteiger partial charge is 0.421 e. The van der Waals surface area contributed by atoms with Crippen molar-refractivity contribution < 1.29 is 32.5 Å². The van der Waals surface area contributed by atoms with Crippen LogP contribution in [-0.2, 0) is 10.9 Å². The normalized spacial score (nSPS) is 19.4. The summed E-state index contributed by atoms with van der Waals surface area (Å²) >= 11 is 1.75. The molecule has 1 atom stereocenters. The van der Waals surface area contributed by atoms with Gasteiger partial charge in [0.2, 0.25) is 5.88 Å². The SMILES string of the molecule is COC(=O)c1cc(Oc2ncc(I)cc2C(F)(F)F)ccc1N(C(C)C)C(O)C1CCC(C)CC1. The third kappa shape index (κ3) is 6.58. The molecule has 1 aliphatic carbocycles. The number of benzene rings is 1. The Kier molecular flexibility index (Phi) is 8.90. The molecule has 35 heavy (non-hydrogen) atoms. The molecule has 0 radical (unpaired) electrons. The van der Waals surface area contributed by atoms with Crippen molar-refractivity contribution in [2.24, 2.45) is 11.8 Å². The molecule has 1 aromatic heterocycles. The maximum atomic E-state index is 13.5.